The van der Waals surface area contributed by atoms with E-state index in [9.17, 15) is 0 Å². The third-order valence-electron chi connectivity index (χ3n) is 4.20. The fraction of sp³-hybridized carbons (Fsp3) is 1.00. The molecule has 1 fully saturated rings. The van der Waals surface area contributed by atoms with Gasteiger partial charge in [-0.1, -0.05) is 26.7 Å². The fourth-order valence-electron chi connectivity index (χ4n) is 3.17. The molecule has 0 amide bonds. The van der Waals surface area contributed by atoms with Gasteiger partial charge in [-0.25, -0.2) is 0 Å². The molecule has 1 rings (SSSR count). The minimum atomic E-state index is 0. The van der Waals surface area contributed by atoms with Crippen molar-refractivity contribution in [3.05, 3.63) is 0 Å². The second kappa shape index (κ2) is 7.10. The van der Waals surface area contributed by atoms with E-state index in [2.05, 4.69) is 27.9 Å². The van der Waals surface area contributed by atoms with Crippen molar-refractivity contribution in [3.63, 3.8) is 0 Å². The van der Waals surface area contributed by atoms with Gasteiger partial charge in [0.2, 0.25) is 0 Å². The van der Waals surface area contributed by atoms with E-state index in [1.165, 1.54) is 49.4 Å². The second-order valence-electron chi connectivity index (χ2n) is 5.44. The molecule has 0 aromatic heterocycles. The zero-order chi connectivity index (χ0) is 10.6. The third kappa shape index (κ3) is 3.88. The van der Waals surface area contributed by atoms with Gasteiger partial charge in [0.25, 0.3) is 0 Å². The van der Waals surface area contributed by atoms with Crippen LogP contribution in [0.25, 0.3) is 0 Å². The summed E-state index contributed by atoms with van der Waals surface area (Å²) in [6.07, 6.45) is 9.94. The standard InChI is InChI=1S/C13H28N.HI/c1-5-8-12-10-7-11-13(9-6-2)14(12,3)4;/h12-13H,5-11H2,1-4H3;1H/q+1;/p-1/t12-,13-;/m0./s1. The van der Waals surface area contributed by atoms with Crippen molar-refractivity contribution in [1.29, 1.82) is 0 Å². The molecule has 1 aliphatic heterocycles. The van der Waals surface area contributed by atoms with E-state index < -0.39 is 0 Å². The molecular formula is C13H28IN. The highest BCUT2D eigenvalue weighted by Crippen LogP contribution is 2.32. The zero-order valence-electron chi connectivity index (χ0n) is 10.9. The molecule has 0 aromatic carbocycles. The molecule has 92 valence electrons. The summed E-state index contributed by atoms with van der Waals surface area (Å²) >= 11 is 0. The topological polar surface area (TPSA) is 0 Å². The highest BCUT2D eigenvalue weighted by atomic mass is 127. The van der Waals surface area contributed by atoms with Gasteiger partial charge >= 0.3 is 0 Å². The number of halogens is 1. The van der Waals surface area contributed by atoms with E-state index in [0.29, 0.717) is 0 Å². The summed E-state index contributed by atoms with van der Waals surface area (Å²) in [6, 6.07) is 1.87. The number of rotatable bonds is 4. The summed E-state index contributed by atoms with van der Waals surface area (Å²) in [5.41, 5.74) is 0. The number of piperidine rings is 1. The van der Waals surface area contributed by atoms with Gasteiger partial charge in [0.05, 0.1) is 26.2 Å². The molecule has 0 aromatic rings. The molecule has 2 heteroatoms. The summed E-state index contributed by atoms with van der Waals surface area (Å²) in [5, 5.41) is 0. The zero-order valence-corrected chi connectivity index (χ0v) is 13.1. The van der Waals surface area contributed by atoms with Gasteiger partial charge in [-0.15, -0.1) is 0 Å². The maximum absolute atomic E-state index is 2.46. The summed E-state index contributed by atoms with van der Waals surface area (Å²) in [7, 11) is 4.92. The van der Waals surface area contributed by atoms with Gasteiger partial charge in [-0.2, -0.15) is 0 Å². The van der Waals surface area contributed by atoms with Crippen molar-refractivity contribution in [1.82, 2.24) is 0 Å². The van der Waals surface area contributed by atoms with Crippen LogP contribution in [-0.4, -0.2) is 30.7 Å². The molecule has 1 saturated heterocycles. The fourth-order valence-corrected chi connectivity index (χ4v) is 3.17. The Bertz CT molecular complexity index is 148. The maximum Gasteiger partial charge on any atom is 0.0888 e. The van der Waals surface area contributed by atoms with Gasteiger partial charge < -0.3 is 28.5 Å². The van der Waals surface area contributed by atoms with Crippen molar-refractivity contribution in [3.8, 4) is 0 Å². The highest BCUT2D eigenvalue weighted by molar-refractivity contribution is 4.71. The molecule has 15 heavy (non-hydrogen) atoms. The van der Waals surface area contributed by atoms with Crippen molar-refractivity contribution in [2.45, 2.75) is 70.9 Å². The Morgan fingerprint density at radius 2 is 1.33 bits per heavy atom. The first-order valence-corrected chi connectivity index (χ1v) is 6.46. The lowest BCUT2D eigenvalue weighted by Gasteiger charge is -2.48. The van der Waals surface area contributed by atoms with Crippen LogP contribution >= 0.6 is 0 Å². The van der Waals surface area contributed by atoms with Gasteiger partial charge in [-0.05, 0) is 32.1 Å². The van der Waals surface area contributed by atoms with E-state index in [-0.39, 0.29) is 24.0 Å². The lowest BCUT2D eigenvalue weighted by atomic mass is 9.89. The lowest BCUT2D eigenvalue weighted by molar-refractivity contribution is -0.944. The van der Waals surface area contributed by atoms with Gasteiger partial charge in [0, 0.05) is 0 Å². The Balaban J connectivity index is 0.00000196. The maximum atomic E-state index is 2.46. The van der Waals surface area contributed by atoms with Crippen molar-refractivity contribution in [2.24, 2.45) is 0 Å². The smallest absolute Gasteiger partial charge is 0.0888 e. The number of quaternary nitrogens is 1. The number of likely N-dealkylation sites (tertiary alicyclic amines) is 1. The van der Waals surface area contributed by atoms with Crippen molar-refractivity contribution in [2.75, 3.05) is 14.1 Å². The summed E-state index contributed by atoms with van der Waals surface area (Å²) in [6.45, 7) is 4.65. The molecule has 1 heterocycles. The van der Waals surface area contributed by atoms with Gasteiger partial charge in [0.15, 0.2) is 0 Å². The monoisotopic (exact) mass is 325 g/mol. The SMILES string of the molecule is CCC[C@H]1CCC[C@H](CCC)[N+]1(C)C.[I-]. The quantitative estimate of drug-likeness (QED) is 0.524. The summed E-state index contributed by atoms with van der Waals surface area (Å²) in [4.78, 5) is 0. The summed E-state index contributed by atoms with van der Waals surface area (Å²) < 4.78 is 1.29. The van der Waals surface area contributed by atoms with E-state index in [4.69, 9.17) is 0 Å². The molecule has 0 N–H and O–H groups in total. The molecule has 1 nitrogen and oxygen atoms in total. The highest BCUT2D eigenvalue weighted by Gasteiger charge is 2.38. The molecular weight excluding hydrogens is 297 g/mol. The van der Waals surface area contributed by atoms with E-state index in [1.54, 1.807) is 0 Å². The van der Waals surface area contributed by atoms with E-state index in [0.717, 1.165) is 12.1 Å². The number of nitrogens with zero attached hydrogens (tertiary/aromatic N) is 1. The Labute approximate surface area is 113 Å². The van der Waals surface area contributed by atoms with Crippen LogP contribution in [0.3, 0.4) is 0 Å². The molecule has 0 spiro atoms. The lowest BCUT2D eigenvalue weighted by Crippen LogP contribution is -3.00. The van der Waals surface area contributed by atoms with Gasteiger partial charge in [0.1, 0.15) is 0 Å². The molecule has 0 unspecified atom stereocenters. The van der Waals surface area contributed by atoms with Crippen LogP contribution in [0.2, 0.25) is 0 Å². The van der Waals surface area contributed by atoms with Crippen LogP contribution < -0.4 is 24.0 Å². The normalized spacial score (nSPS) is 29.6. The van der Waals surface area contributed by atoms with Crippen molar-refractivity contribution >= 4 is 0 Å². The van der Waals surface area contributed by atoms with Crippen LogP contribution in [0.4, 0.5) is 0 Å². The Hall–Kier alpha value is 0.690. The van der Waals surface area contributed by atoms with Gasteiger partial charge in [-0.3, -0.25) is 0 Å². The number of hydrogen-bond acceptors (Lipinski definition) is 0. The minimum Gasteiger partial charge on any atom is -1.00 e. The van der Waals surface area contributed by atoms with Crippen molar-refractivity contribution < 1.29 is 28.5 Å². The van der Waals surface area contributed by atoms with Crippen LogP contribution in [0.15, 0.2) is 0 Å². The average Bonchev–Trinajstić information content (AvgIpc) is 2.13. The van der Waals surface area contributed by atoms with E-state index in [1.807, 2.05) is 0 Å². The average molecular weight is 325 g/mol. The second-order valence-corrected chi connectivity index (χ2v) is 5.44. The molecule has 0 radical (unpaired) electrons. The first-order valence-electron chi connectivity index (χ1n) is 6.46. The third-order valence-corrected chi connectivity index (χ3v) is 4.20. The van der Waals surface area contributed by atoms with Crippen LogP contribution in [0.5, 0.6) is 0 Å². The Kier molecular flexibility index (Phi) is 7.43. The predicted octanol–water partition coefficient (Wildman–Crippen LogP) is 0.588. The summed E-state index contributed by atoms with van der Waals surface area (Å²) in [5.74, 6) is 0. The van der Waals surface area contributed by atoms with Crippen LogP contribution in [0.1, 0.15) is 58.8 Å². The first-order chi connectivity index (χ1) is 6.62. The molecule has 0 saturated carbocycles. The van der Waals surface area contributed by atoms with Crippen LogP contribution in [-0.2, 0) is 0 Å². The molecule has 0 aliphatic carbocycles. The largest absolute Gasteiger partial charge is 1.00 e. The molecule has 0 bridgehead atoms. The Morgan fingerprint density at radius 1 is 0.933 bits per heavy atom. The first kappa shape index (κ1) is 15.7. The molecule has 1 aliphatic rings. The van der Waals surface area contributed by atoms with E-state index >= 15 is 0 Å². The number of hydrogen-bond donors (Lipinski definition) is 0. The van der Waals surface area contributed by atoms with Crippen LogP contribution in [0, 0.1) is 0 Å². The predicted molar refractivity (Wildman–Crippen MR) is 63.4 cm³/mol. The minimum absolute atomic E-state index is 0. The molecule has 2 atom stereocenters. The Morgan fingerprint density at radius 3 is 1.67 bits per heavy atom.